The van der Waals surface area contributed by atoms with E-state index in [1.54, 1.807) is 0 Å². The lowest BCUT2D eigenvalue weighted by Crippen LogP contribution is -2.39. The van der Waals surface area contributed by atoms with Crippen LogP contribution in [0.1, 0.15) is 0 Å². The van der Waals surface area contributed by atoms with Crippen LogP contribution < -0.4 is 4.72 Å². The van der Waals surface area contributed by atoms with Gasteiger partial charge in [-0.05, 0) is 24.3 Å². The molecule has 2 N–H and O–H groups in total. The Labute approximate surface area is 106 Å². The van der Waals surface area contributed by atoms with E-state index in [1.807, 2.05) is 0 Å². The highest BCUT2D eigenvalue weighted by Crippen LogP contribution is 2.14. The summed E-state index contributed by atoms with van der Waals surface area (Å²) >= 11 is 0. The molecule has 0 saturated carbocycles. The van der Waals surface area contributed by atoms with E-state index in [2.05, 4.69) is 4.72 Å². The third-order valence-electron chi connectivity index (χ3n) is 2.53. The van der Waals surface area contributed by atoms with Crippen LogP contribution in [0, 0.1) is 0 Å². The van der Waals surface area contributed by atoms with Gasteiger partial charge in [-0.25, -0.2) is 13.1 Å². The van der Waals surface area contributed by atoms with Gasteiger partial charge in [-0.2, -0.15) is 0 Å². The summed E-state index contributed by atoms with van der Waals surface area (Å²) in [6, 6.07) is 5.34. The van der Waals surface area contributed by atoms with Crippen molar-refractivity contribution in [3.63, 3.8) is 0 Å². The summed E-state index contributed by atoms with van der Waals surface area (Å²) in [7, 11) is -3.57. The van der Waals surface area contributed by atoms with Crippen LogP contribution >= 0.6 is 0 Å². The van der Waals surface area contributed by atoms with E-state index in [-0.39, 0.29) is 23.3 Å². The quantitative estimate of drug-likeness (QED) is 0.812. The van der Waals surface area contributed by atoms with Gasteiger partial charge in [0, 0.05) is 6.54 Å². The average Bonchev–Trinajstić information content (AvgIpc) is 2.38. The van der Waals surface area contributed by atoms with Gasteiger partial charge >= 0.3 is 0 Å². The van der Waals surface area contributed by atoms with E-state index in [0.717, 1.165) is 0 Å². The lowest BCUT2D eigenvalue weighted by molar-refractivity contribution is -0.0846. The van der Waals surface area contributed by atoms with E-state index >= 15 is 0 Å². The van der Waals surface area contributed by atoms with Gasteiger partial charge in [0.05, 0.1) is 30.8 Å². The van der Waals surface area contributed by atoms with Crippen LogP contribution in [0.2, 0.25) is 0 Å². The number of hydrogen-bond donors (Lipinski definition) is 2. The number of phenols is 1. The zero-order chi connectivity index (χ0) is 13.0. The third-order valence-corrected chi connectivity index (χ3v) is 3.97. The van der Waals surface area contributed by atoms with E-state index < -0.39 is 10.0 Å². The smallest absolute Gasteiger partial charge is 0.240 e. The molecule has 0 bridgehead atoms. The summed E-state index contributed by atoms with van der Waals surface area (Å²) < 4.78 is 36.8. The molecule has 7 heteroatoms. The summed E-state index contributed by atoms with van der Waals surface area (Å²) in [5.41, 5.74) is 0. The van der Waals surface area contributed by atoms with Crippen molar-refractivity contribution in [2.24, 2.45) is 0 Å². The fourth-order valence-electron chi connectivity index (χ4n) is 1.57. The summed E-state index contributed by atoms with van der Waals surface area (Å²) in [6.07, 6.45) is -0.259. The van der Waals surface area contributed by atoms with Crippen LogP contribution in [0.4, 0.5) is 0 Å². The van der Waals surface area contributed by atoms with E-state index in [0.29, 0.717) is 19.8 Å². The Kier molecular flexibility index (Phi) is 4.18. The fourth-order valence-corrected chi connectivity index (χ4v) is 2.63. The van der Waals surface area contributed by atoms with Crippen LogP contribution in [0.5, 0.6) is 5.75 Å². The summed E-state index contributed by atoms with van der Waals surface area (Å²) in [4.78, 5) is 0.108. The van der Waals surface area contributed by atoms with Gasteiger partial charge in [0.1, 0.15) is 5.75 Å². The molecule has 0 aliphatic carbocycles. The second-order valence-corrected chi connectivity index (χ2v) is 5.68. The predicted octanol–water partition coefficient (Wildman–Crippen LogP) is 0.0859. The molecule has 0 spiro atoms. The molecule has 0 amide bonds. The average molecular weight is 273 g/mol. The molecule has 2 rings (SSSR count). The number of nitrogens with one attached hydrogen (secondary N) is 1. The molecule has 18 heavy (non-hydrogen) atoms. The Morgan fingerprint density at radius 1 is 1.28 bits per heavy atom. The van der Waals surface area contributed by atoms with Crippen molar-refractivity contribution >= 4 is 10.0 Å². The van der Waals surface area contributed by atoms with Gasteiger partial charge in [0.15, 0.2) is 0 Å². The molecule has 0 radical (unpaired) electrons. The normalized spacial score (nSPS) is 20.8. The van der Waals surface area contributed by atoms with E-state index in [9.17, 15) is 8.42 Å². The lowest BCUT2D eigenvalue weighted by atomic mass is 10.3. The molecule has 1 heterocycles. The van der Waals surface area contributed by atoms with Crippen LogP contribution in [0.25, 0.3) is 0 Å². The van der Waals surface area contributed by atoms with Crippen molar-refractivity contribution in [3.8, 4) is 5.75 Å². The first kappa shape index (κ1) is 13.3. The largest absolute Gasteiger partial charge is 0.508 e. The molecule has 1 atom stereocenters. The van der Waals surface area contributed by atoms with Gasteiger partial charge in [0.25, 0.3) is 0 Å². The Hall–Kier alpha value is -1.15. The van der Waals surface area contributed by atoms with Gasteiger partial charge in [-0.15, -0.1) is 0 Å². The molecular formula is C11H15NO5S. The molecule has 1 fully saturated rings. The van der Waals surface area contributed by atoms with Gasteiger partial charge in [-0.3, -0.25) is 0 Å². The zero-order valence-electron chi connectivity index (χ0n) is 9.70. The van der Waals surface area contributed by atoms with Gasteiger partial charge in [-0.1, -0.05) is 0 Å². The highest BCUT2D eigenvalue weighted by molar-refractivity contribution is 7.89. The first-order valence-corrected chi connectivity index (χ1v) is 7.04. The minimum absolute atomic E-state index is 0.0259. The zero-order valence-corrected chi connectivity index (χ0v) is 10.5. The van der Waals surface area contributed by atoms with Crippen molar-refractivity contribution in [1.82, 2.24) is 4.72 Å². The second kappa shape index (κ2) is 5.66. The predicted molar refractivity (Wildman–Crippen MR) is 63.9 cm³/mol. The summed E-state index contributed by atoms with van der Waals surface area (Å²) in [5.74, 6) is 0.0259. The number of rotatable bonds is 4. The standard InChI is InChI=1S/C11H15NO5S/c13-9-1-3-11(4-2-9)18(14,15)12-7-10-8-16-5-6-17-10/h1-4,10,12-13H,5-8H2. The van der Waals surface area contributed by atoms with E-state index in [4.69, 9.17) is 14.6 Å². The number of sulfonamides is 1. The van der Waals surface area contributed by atoms with Crippen molar-refractivity contribution < 1.29 is 23.0 Å². The first-order valence-electron chi connectivity index (χ1n) is 5.56. The Balaban J connectivity index is 1.96. The first-order chi connectivity index (χ1) is 8.58. The number of benzene rings is 1. The number of ether oxygens (including phenoxy) is 2. The Morgan fingerprint density at radius 3 is 2.61 bits per heavy atom. The molecule has 100 valence electrons. The monoisotopic (exact) mass is 273 g/mol. The molecule has 1 aromatic rings. The maximum absolute atomic E-state index is 11.9. The maximum atomic E-state index is 11.9. The van der Waals surface area contributed by atoms with Crippen molar-refractivity contribution in [2.75, 3.05) is 26.4 Å². The van der Waals surface area contributed by atoms with Gasteiger partial charge < -0.3 is 14.6 Å². The van der Waals surface area contributed by atoms with E-state index in [1.165, 1.54) is 24.3 Å². The summed E-state index contributed by atoms with van der Waals surface area (Å²) in [5, 5.41) is 9.10. The lowest BCUT2D eigenvalue weighted by Gasteiger charge is -2.23. The highest BCUT2D eigenvalue weighted by Gasteiger charge is 2.19. The van der Waals surface area contributed by atoms with Gasteiger partial charge in [0.2, 0.25) is 10.0 Å². The van der Waals surface area contributed by atoms with Crippen LogP contribution in [-0.2, 0) is 19.5 Å². The second-order valence-electron chi connectivity index (χ2n) is 3.91. The minimum atomic E-state index is -3.57. The molecule has 1 saturated heterocycles. The van der Waals surface area contributed by atoms with Crippen LogP contribution in [-0.4, -0.2) is 46.0 Å². The van der Waals surface area contributed by atoms with Crippen LogP contribution in [0.15, 0.2) is 29.2 Å². The Bertz CT molecular complexity index is 479. The third kappa shape index (κ3) is 3.42. The summed E-state index contributed by atoms with van der Waals surface area (Å²) in [6.45, 7) is 1.58. The minimum Gasteiger partial charge on any atom is -0.508 e. The molecular weight excluding hydrogens is 258 g/mol. The molecule has 1 aromatic carbocycles. The van der Waals surface area contributed by atoms with Crippen molar-refractivity contribution in [2.45, 2.75) is 11.0 Å². The molecule has 1 aliphatic rings. The fraction of sp³-hybridized carbons (Fsp3) is 0.455. The maximum Gasteiger partial charge on any atom is 0.240 e. The molecule has 1 aliphatic heterocycles. The molecule has 0 aromatic heterocycles. The SMILES string of the molecule is O=S(=O)(NCC1COCCO1)c1ccc(O)cc1. The van der Waals surface area contributed by atoms with Crippen molar-refractivity contribution in [1.29, 1.82) is 0 Å². The molecule has 6 nitrogen and oxygen atoms in total. The van der Waals surface area contributed by atoms with Crippen LogP contribution in [0.3, 0.4) is 0 Å². The Morgan fingerprint density at radius 2 is 2.00 bits per heavy atom. The van der Waals surface area contributed by atoms with Crippen molar-refractivity contribution in [3.05, 3.63) is 24.3 Å². The number of aromatic hydroxyl groups is 1. The molecule has 1 unspecified atom stereocenters. The topological polar surface area (TPSA) is 84.9 Å². The number of phenolic OH excluding ortho intramolecular Hbond substituents is 1. The highest BCUT2D eigenvalue weighted by atomic mass is 32.2. The number of hydrogen-bond acceptors (Lipinski definition) is 5.